The second kappa shape index (κ2) is 6.09. The first-order chi connectivity index (χ1) is 9.19. The Hall–Kier alpha value is -2.23. The predicted octanol–water partition coefficient (Wildman–Crippen LogP) is 3.54. The first-order valence-electron chi connectivity index (χ1n) is 6.13. The molecule has 0 aliphatic heterocycles. The lowest BCUT2D eigenvalue weighted by atomic mass is 10.2. The summed E-state index contributed by atoms with van der Waals surface area (Å²) in [6, 6.07) is 11.9. The maximum absolute atomic E-state index is 13.1. The Bertz CT molecular complexity index is 540. The fraction of sp³-hybridized carbons (Fsp3) is 0.200. The van der Waals surface area contributed by atoms with Gasteiger partial charge in [0.05, 0.1) is 6.61 Å². The van der Waals surface area contributed by atoms with Gasteiger partial charge < -0.3 is 15.2 Å². The number of phenolic OH excluding ortho intramolecular Hbond substituents is 1. The maximum Gasteiger partial charge on any atom is 0.166 e. The number of phenols is 1. The molecule has 0 aromatic heterocycles. The van der Waals surface area contributed by atoms with Crippen molar-refractivity contribution in [2.24, 2.45) is 0 Å². The number of anilines is 1. The van der Waals surface area contributed by atoms with Gasteiger partial charge in [0.15, 0.2) is 11.6 Å². The standard InChI is InChI=1S/C15H16FNO2/c1-2-19-13-6-3-11(4-7-13)10-17-12-5-8-15(18)14(16)9-12/h3-9,17-18H,2,10H2,1H3. The van der Waals surface area contributed by atoms with Gasteiger partial charge in [-0.05, 0) is 36.8 Å². The van der Waals surface area contributed by atoms with Crippen molar-refractivity contribution < 1.29 is 14.2 Å². The van der Waals surface area contributed by atoms with E-state index in [4.69, 9.17) is 9.84 Å². The van der Waals surface area contributed by atoms with Crippen LogP contribution < -0.4 is 10.1 Å². The lowest BCUT2D eigenvalue weighted by molar-refractivity contribution is 0.340. The van der Waals surface area contributed by atoms with E-state index >= 15 is 0 Å². The summed E-state index contributed by atoms with van der Waals surface area (Å²) in [5.41, 5.74) is 1.70. The van der Waals surface area contributed by atoms with Crippen molar-refractivity contribution in [1.82, 2.24) is 0 Å². The zero-order valence-electron chi connectivity index (χ0n) is 10.7. The van der Waals surface area contributed by atoms with Gasteiger partial charge in [-0.25, -0.2) is 4.39 Å². The van der Waals surface area contributed by atoms with Crippen LogP contribution in [-0.2, 0) is 6.54 Å². The molecule has 3 nitrogen and oxygen atoms in total. The van der Waals surface area contributed by atoms with Crippen LogP contribution in [0.4, 0.5) is 10.1 Å². The molecule has 0 fully saturated rings. The van der Waals surface area contributed by atoms with Gasteiger partial charge in [0.25, 0.3) is 0 Å². The highest BCUT2D eigenvalue weighted by Crippen LogP contribution is 2.20. The molecule has 0 radical (unpaired) electrons. The van der Waals surface area contributed by atoms with Gasteiger partial charge in [-0.1, -0.05) is 12.1 Å². The molecule has 2 rings (SSSR count). The summed E-state index contributed by atoms with van der Waals surface area (Å²) in [5.74, 6) is -0.134. The molecule has 0 spiro atoms. The van der Waals surface area contributed by atoms with E-state index in [1.165, 1.54) is 12.1 Å². The quantitative estimate of drug-likeness (QED) is 0.809. The summed E-state index contributed by atoms with van der Waals surface area (Å²) in [4.78, 5) is 0. The summed E-state index contributed by atoms with van der Waals surface area (Å²) >= 11 is 0. The van der Waals surface area contributed by atoms with E-state index in [0.717, 1.165) is 11.3 Å². The summed E-state index contributed by atoms with van der Waals surface area (Å²) in [5, 5.41) is 12.2. The van der Waals surface area contributed by atoms with E-state index in [0.29, 0.717) is 18.8 Å². The van der Waals surface area contributed by atoms with Crippen molar-refractivity contribution in [3.63, 3.8) is 0 Å². The van der Waals surface area contributed by atoms with Crippen LogP contribution in [0.1, 0.15) is 12.5 Å². The van der Waals surface area contributed by atoms with Gasteiger partial charge in [0.1, 0.15) is 5.75 Å². The average Bonchev–Trinajstić information content (AvgIpc) is 2.42. The largest absolute Gasteiger partial charge is 0.505 e. The molecule has 0 aliphatic carbocycles. The number of halogens is 1. The second-order valence-corrected chi connectivity index (χ2v) is 4.10. The molecule has 0 amide bonds. The fourth-order valence-corrected chi connectivity index (χ4v) is 1.69. The summed E-state index contributed by atoms with van der Waals surface area (Å²) in [7, 11) is 0. The predicted molar refractivity (Wildman–Crippen MR) is 73.0 cm³/mol. The Balaban J connectivity index is 1.96. The number of hydrogen-bond donors (Lipinski definition) is 2. The fourth-order valence-electron chi connectivity index (χ4n) is 1.69. The van der Waals surface area contributed by atoms with Crippen LogP contribution >= 0.6 is 0 Å². The van der Waals surface area contributed by atoms with E-state index in [-0.39, 0.29) is 5.75 Å². The van der Waals surface area contributed by atoms with Gasteiger partial charge in [0, 0.05) is 18.3 Å². The number of benzene rings is 2. The lowest BCUT2D eigenvalue weighted by Crippen LogP contribution is -2.00. The minimum Gasteiger partial charge on any atom is -0.505 e. The lowest BCUT2D eigenvalue weighted by Gasteiger charge is -2.08. The third-order valence-electron chi connectivity index (χ3n) is 2.68. The number of rotatable bonds is 5. The van der Waals surface area contributed by atoms with Crippen LogP contribution in [0.2, 0.25) is 0 Å². The van der Waals surface area contributed by atoms with Gasteiger partial charge >= 0.3 is 0 Å². The van der Waals surface area contributed by atoms with Crippen molar-refractivity contribution in [1.29, 1.82) is 0 Å². The molecular formula is C15H16FNO2. The molecule has 19 heavy (non-hydrogen) atoms. The zero-order valence-corrected chi connectivity index (χ0v) is 10.7. The molecule has 0 bridgehead atoms. The van der Waals surface area contributed by atoms with E-state index in [1.807, 2.05) is 31.2 Å². The van der Waals surface area contributed by atoms with Gasteiger partial charge in [-0.15, -0.1) is 0 Å². The van der Waals surface area contributed by atoms with Crippen LogP contribution in [0.5, 0.6) is 11.5 Å². The minimum absolute atomic E-state index is 0.341. The third kappa shape index (κ3) is 3.61. The van der Waals surface area contributed by atoms with Gasteiger partial charge in [-0.2, -0.15) is 0 Å². The van der Waals surface area contributed by atoms with E-state index in [1.54, 1.807) is 6.07 Å². The second-order valence-electron chi connectivity index (χ2n) is 4.10. The minimum atomic E-state index is -0.628. The van der Waals surface area contributed by atoms with Crippen LogP contribution in [0.3, 0.4) is 0 Å². The van der Waals surface area contributed by atoms with Crippen LogP contribution in [0.25, 0.3) is 0 Å². The Morgan fingerprint density at radius 1 is 1.16 bits per heavy atom. The van der Waals surface area contributed by atoms with Crippen molar-refractivity contribution in [3.8, 4) is 11.5 Å². The molecule has 100 valence electrons. The molecule has 0 heterocycles. The summed E-state index contributed by atoms with van der Waals surface area (Å²) < 4.78 is 18.5. The summed E-state index contributed by atoms with van der Waals surface area (Å²) in [6.45, 7) is 3.16. The molecule has 2 N–H and O–H groups in total. The Kier molecular flexibility index (Phi) is 4.23. The number of aromatic hydroxyl groups is 1. The molecule has 4 heteroatoms. The molecule has 0 aliphatic rings. The number of nitrogens with one attached hydrogen (secondary N) is 1. The van der Waals surface area contributed by atoms with E-state index < -0.39 is 5.82 Å². The monoisotopic (exact) mass is 261 g/mol. The first-order valence-corrected chi connectivity index (χ1v) is 6.13. The van der Waals surface area contributed by atoms with E-state index in [2.05, 4.69) is 5.32 Å². The highest BCUT2D eigenvalue weighted by molar-refractivity contribution is 5.47. The van der Waals surface area contributed by atoms with Crippen molar-refractivity contribution in [3.05, 3.63) is 53.8 Å². The molecule has 0 atom stereocenters. The smallest absolute Gasteiger partial charge is 0.166 e. The molecular weight excluding hydrogens is 245 g/mol. The normalized spacial score (nSPS) is 10.2. The van der Waals surface area contributed by atoms with Crippen molar-refractivity contribution in [2.75, 3.05) is 11.9 Å². The molecule has 0 unspecified atom stereocenters. The number of ether oxygens (including phenoxy) is 1. The average molecular weight is 261 g/mol. The van der Waals surface area contributed by atoms with Crippen LogP contribution in [-0.4, -0.2) is 11.7 Å². The Morgan fingerprint density at radius 2 is 1.89 bits per heavy atom. The Morgan fingerprint density at radius 3 is 2.53 bits per heavy atom. The Labute approximate surface area is 111 Å². The van der Waals surface area contributed by atoms with Crippen molar-refractivity contribution in [2.45, 2.75) is 13.5 Å². The van der Waals surface area contributed by atoms with Crippen molar-refractivity contribution >= 4 is 5.69 Å². The molecule has 2 aromatic rings. The molecule has 0 saturated heterocycles. The third-order valence-corrected chi connectivity index (χ3v) is 2.68. The van der Waals surface area contributed by atoms with Crippen LogP contribution in [0.15, 0.2) is 42.5 Å². The summed E-state index contributed by atoms with van der Waals surface area (Å²) in [6.07, 6.45) is 0. The molecule has 0 saturated carbocycles. The van der Waals surface area contributed by atoms with Gasteiger partial charge in [0.2, 0.25) is 0 Å². The topological polar surface area (TPSA) is 41.5 Å². The number of hydrogen-bond acceptors (Lipinski definition) is 3. The van der Waals surface area contributed by atoms with E-state index in [9.17, 15) is 4.39 Å². The zero-order chi connectivity index (χ0) is 13.7. The SMILES string of the molecule is CCOc1ccc(CNc2ccc(O)c(F)c2)cc1. The maximum atomic E-state index is 13.1. The molecule has 2 aromatic carbocycles. The van der Waals surface area contributed by atoms with Crippen LogP contribution in [0, 0.1) is 5.82 Å². The highest BCUT2D eigenvalue weighted by atomic mass is 19.1. The highest BCUT2D eigenvalue weighted by Gasteiger charge is 2.01. The van der Waals surface area contributed by atoms with Gasteiger partial charge in [-0.3, -0.25) is 0 Å². The first kappa shape index (κ1) is 13.2.